The van der Waals surface area contributed by atoms with Crippen molar-refractivity contribution in [2.45, 2.75) is 18.4 Å². The van der Waals surface area contributed by atoms with E-state index < -0.39 is 6.09 Å². The van der Waals surface area contributed by atoms with Gasteiger partial charge in [-0.2, -0.15) is 0 Å². The second-order valence-electron chi connectivity index (χ2n) is 7.14. The summed E-state index contributed by atoms with van der Waals surface area (Å²) in [5.41, 5.74) is 1.32. The molecule has 1 aliphatic carbocycles. The van der Waals surface area contributed by atoms with Crippen LogP contribution in [-0.4, -0.2) is 25.7 Å². The summed E-state index contributed by atoms with van der Waals surface area (Å²) >= 11 is 0. The van der Waals surface area contributed by atoms with Gasteiger partial charge in [-0.25, -0.2) is 9.18 Å². The number of halogens is 1. The molecule has 2 aromatic carbocycles. The van der Waals surface area contributed by atoms with Gasteiger partial charge in [-0.05, 0) is 48.5 Å². The molecule has 0 radical (unpaired) electrons. The molecular formula is C21H23FN2O2. The zero-order valence-corrected chi connectivity index (χ0v) is 14.6. The first-order valence-corrected chi connectivity index (χ1v) is 9.12. The van der Waals surface area contributed by atoms with E-state index in [1.165, 1.54) is 6.07 Å². The Labute approximate surface area is 152 Å². The normalized spacial score (nSPS) is 26.7. The third-order valence-electron chi connectivity index (χ3n) is 5.81. The van der Waals surface area contributed by atoms with E-state index in [0.29, 0.717) is 23.9 Å². The minimum Gasteiger partial charge on any atom is -0.445 e. The summed E-state index contributed by atoms with van der Waals surface area (Å²) in [4.78, 5) is 12.2. The van der Waals surface area contributed by atoms with E-state index >= 15 is 0 Å². The predicted octanol–water partition coefficient (Wildman–Crippen LogP) is 3.23. The van der Waals surface area contributed by atoms with Crippen molar-refractivity contribution in [2.75, 3.05) is 19.6 Å². The molecule has 0 spiro atoms. The third-order valence-corrected chi connectivity index (χ3v) is 5.81. The number of hydrogen-bond acceptors (Lipinski definition) is 3. The van der Waals surface area contributed by atoms with Crippen molar-refractivity contribution in [1.82, 2.24) is 10.6 Å². The van der Waals surface area contributed by atoms with Gasteiger partial charge in [0.2, 0.25) is 0 Å². The first-order valence-electron chi connectivity index (χ1n) is 9.12. The van der Waals surface area contributed by atoms with Gasteiger partial charge < -0.3 is 15.4 Å². The van der Waals surface area contributed by atoms with E-state index in [4.69, 9.17) is 4.74 Å². The van der Waals surface area contributed by atoms with E-state index in [1.807, 2.05) is 42.5 Å². The Balaban J connectivity index is 1.43. The van der Waals surface area contributed by atoms with Gasteiger partial charge in [-0.3, -0.25) is 0 Å². The van der Waals surface area contributed by atoms with Crippen LogP contribution in [0.5, 0.6) is 0 Å². The van der Waals surface area contributed by atoms with E-state index in [9.17, 15) is 9.18 Å². The van der Waals surface area contributed by atoms with Gasteiger partial charge in [0.15, 0.2) is 0 Å². The van der Waals surface area contributed by atoms with E-state index in [-0.39, 0.29) is 17.8 Å². The van der Waals surface area contributed by atoms with Crippen LogP contribution in [0, 0.1) is 17.7 Å². The molecule has 1 saturated heterocycles. The Hall–Kier alpha value is -2.40. The zero-order chi connectivity index (χ0) is 18.0. The van der Waals surface area contributed by atoms with Crippen LogP contribution < -0.4 is 10.6 Å². The van der Waals surface area contributed by atoms with Gasteiger partial charge in [-0.1, -0.05) is 48.5 Å². The average molecular weight is 354 g/mol. The molecule has 2 fully saturated rings. The summed E-state index contributed by atoms with van der Waals surface area (Å²) in [5.74, 6) is 0.555. The van der Waals surface area contributed by atoms with Crippen molar-refractivity contribution in [2.24, 2.45) is 11.8 Å². The molecule has 3 atom stereocenters. The maximum atomic E-state index is 14.5. The van der Waals surface area contributed by atoms with Crippen LogP contribution in [0.3, 0.4) is 0 Å². The third kappa shape index (κ3) is 3.07. The van der Waals surface area contributed by atoms with Crippen LogP contribution >= 0.6 is 0 Å². The first-order chi connectivity index (χ1) is 12.7. The largest absolute Gasteiger partial charge is 0.445 e. The highest BCUT2D eigenvalue weighted by Crippen LogP contribution is 2.62. The molecule has 2 aliphatic rings. The van der Waals surface area contributed by atoms with Crippen LogP contribution in [0.25, 0.3) is 0 Å². The molecule has 26 heavy (non-hydrogen) atoms. The fourth-order valence-corrected chi connectivity index (χ4v) is 4.49. The minimum atomic E-state index is -0.457. The molecule has 0 aromatic heterocycles. The van der Waals surface area contributed by atoms with Crippen LogP contribution in [0.4, 0.5) is 9.18 Å². The minimum absolute atomic E-state index is 0.193. The quantitative estimate of drug-likeness (QED) is 0.867. The predicted molar refractivity (Wildman–Crippen MR) is 97.2 cm³/mol. The second kappa shape index (κ2) is 7.08. The highest BCUT2D eigenvalue weighted by molar-refractivity contribution is 5.67. The summed E-state index contributed by atoms with van der Waals surface area (Å²) in [6.45, 7) is 2.43. The molecule has 1 saturated carbocycles. The van der Waals surface area contributed by atoms with Crippen LogP contribution in [0.15, 0.2) is 54.6 Å². The SMILES string of the molecule is O=C(NCC1(c2ccccc2F)C2CCNCC21)OCc1ccccc1. The number of ether oxygens (including phenoxy) is 1. The number of fused-ring (bicyclic) bond motifs is 1. The molecule has 1 amide bonds. The van der Waals surface area contributed by atoms with Crippen molar-refractivity contribution >= 4 is 6.09 Å². The second-order valence-corrected chi connectivity index (χ2v) is 7.14. The number of benzene rings is 2. The van der Waals surface area contributed by atoms with Gasteiger partial charge in [0, 0.05) is 12.0 Å². The lowest BCUT2D eigenvalue weighted by molar-refractivity contribution is 0.138. The lowest BCUT2D eigenvalue weighted by atomic mass is 9.90. The number of piperidine rings is 1. The number of amides is 1. The topological polar surface area (TPSA) is 50.4 Å². The molecule has 5 heteroatoms. The Morgan fingerprint density at radius 1 is 1.15 bits per heavy atom. The Morgan fingerprint density at radius 2 is 1.92 bits per heavy atom. The lowest BCUT2D eigenvalue weighted by Crippen LogP contribution is -2.35. The van der Waals surface area contributed by atoms with Crippen LogP contribution in [0.1, 0.15) is 17.5 Å². The Kier molecular flexibility index (Phi) is 4.64. The number of alkyl carbamates (subject to hydrolysis) is 1. The number of carbonyl (C=O) groups excluding carboxylic acids is 1. The van der Waals surface area contributed by atoms with E-state index in [2.05, 4.69) is 10.6 Å². The van der Waals surface area contributed by atoms with Crippen molar-refractivity contribution in [3.8, 4) is 0 Å². The van der Waals surface area contributed by atoms with E-state index in [0.717, 1.165) is 25.1 Å². The molecule has 136 valence electrons. The highest BCUT2D eigenvalue weighted by Gasteiger charge is 2.66. The van der Waals surface area contributed by atoms with Gasteiger partial charge in [0.05, 0.1) is 0 Å². The van der Waals surface area contributed by atoms with Gasteiger partial charge in [0.1, 0.15) is 12.4 Å². The summed E-state index contributed by atoms with van der Waals surface area (Å²) in [5, 5.41) is 6.27. The summed E-state index contributed by atoms with van der Waals surface area (Å²) in [6.07, 6.45) is 0.542. The number of carbonyl (C=O) groups is 1. The summed E-state index contributed by atoms with van der Waals surface area (Å²) in [7, 11) is 0. The zero-order valence-electron chi connectivity index (χ0n) is 14.6. The van der Waals surface area contributed by atoms with E-state index in [1.54, 1.807) is 6.07 Å². The van der Waals surface area contributed by atoms with Crippen LogP contribution in [-0.2, 0) is 16.8 Å². The highest BCUT2D eigenvalue weighted by atomic mass is 19.1. The molecule has 1 aliphatic heterocycles. The first kappa shape index (κ1) is 17.0. The molecular weight excluding hydrogens is 331 g/mol. The Morgan fingerprint density at radius 3 is 2.65 bits per heavy atom. The van der Waals surface area contributed by atoms with Crippen molar-refractivity contribution in [3.63, 3.8) is 0 Å². The smallest absolute Gasteiger partial charge is 0.407 e. The number of nitrogens with one attached hydrogen (secondary N) is 2. The summed E-state index contributed by atoms with van der Waals surface area (Å²) < 4.78 is 19.8. The fourth-order valence-electron chi connectivity index (χ4n) is 4.49. The molecule has 4 rings (SSSR count). The van der Waals surface area contributed by atoms with Gasteiger partial charge in [-0.15, -0.1) is 0 Å². The molecule has 0 bridgehead atoms. The summed E-state index contributed by atoms with van der Waals surface area (Å²) in [6, 6.07) is 16.5. The maximum absolute atomic E-state index is 14.5. The number of hydrogen-bond donors (Lipinski definition) is 2. The van der Waals surface area contributed by atoms with Crippen molar-refractivity contribution in [1.29, 1.82) is 0 Å². The molecule has 2 aromatic rings. The maximum Gasteiger partial charge on any atom is 0.407 e. The molecule has 4 nitrogen and oxygen atoms in total. The van der Waals surface area contributed by atoms with Crippen molar-refractivity contribution in [3.05, 3.63) is 71.5 Å². The van der Waals surface area contributed by atoms with Gasteiger partial charge in [0.25, 0.3) is 0 Å². The van der Waals surface area contributed by atoms with Crippen molar-refractivity contribution < 1.29 is 13.9 Å². The molecule has 1 heterocycles. The molecule has 3 unspecified atom stereocenters. The van der Waals surface area contributed by atoms with Gasteiger partial charge >= 0.3 is 6.09 Å². The number of rotatable bonds is 5. The Bertz CT molecular complexity index is 769. The average Bonchev–Trinajstić information content (AvgIpc) is 3.34. The standard InChI is InChI=1S/C21H23FN2O2/c22-19-9-5-4-8-17(19)21(16-10-11-23-12-18(16)21)14-24-20(25)26-13-15-6-2-1-3-7-15/h1-9,16,18,23H,10-14H2,(H,24,25). The monoisotopic (exact) mass is 354 g/mol. The van der Waals surface area contributed by atoms with Crippen LogP contribution in [0.2, 0.25) is 0 Å². The fraction of sp³-hybridized carbons (Fsp3) is 0.381. The lowest BCUT2D eigenvalue weighted by Gasteiger charge is -2.20. The molecule has 2 N–H and O–H groups in total.